The fourth-order valence-electron chi connectivity index (χ4n) is 10.3. The van der Waals surface area contributed by atoms with Gasteiger partial charge in [0.1, 0.15) is 19.3 Å². The fourth-order valence-corrected chi connectivity index (χ4v) is 11.9. The minimum Gasteiger partial charge on any atom is -0.462 e. The second kappa shape index (κ2) is 62.4. The smallest absolute Gasteiger partial charge is 0.462 e. The molecule has 0 heterocycles. The molecule has 0 amide bonds. The van der Waals surface area contributed by atoms with Crippen LogP contribution in [0.1, 0.15) is 337 Å². The van der Waals surface area contributed by atoms with Crippen molar-refractivity contribution in [3.63, 3.8) is 0 Å². The number of hydrogen-bond donors (Lipinski definition) is 3. The molecule has 0 aromatic carbocycles. The molecule has 536 valence electrons. The molecule has 0 fully saturated rings. The summed E-state index contributed by atoms with van der Waals surface area (Å²) in [6, 6.07) is 0. The summed E-state index contributed by atoms with van der Waals surface area (Å²) in [7, 11) is -9.92. The van der Waals surface area contributed by atoms with Crippen LogP contribution < -0.4 is 0 Å². The predicted octanol–water partition coefficient (Wildman–Crippen LogP) is 20.2. The molecule has 0 aliphatic heterocycles. The van der Waals surface area contributed by atoms with E-state index in [2.05, 4.69) is 72.8 Å². The molecule has 0 bridgehead atoms. The monoisotopic (exact) mass is 1330 g/mol. The molecular weight excluding hydrogens is 1200 g/mol. The average molecular weight is 1340 g/mol. The van der Waals surface area contributed by atoms with Crippen LogP contribution >= 0.6 is 15.6 Å². The van der Waals surface area contributed by atoms with Gasteiger partial charge >= 0.3 is 39.5 Å². The van der Waals surface area contributed by atoms with E-state index in [1.165, 1.54) is 128 Å². The van der Waals surface area contributed by atoms with E-state index >= 15 is 0 Å². The Labute approximate surface area is 554 Å². The maximum atomic E-state index is 13.0. The highest BCUT2D eigenvalue weighted by Crippen LogP contribution is 2.45. The first kappa shape index (κ1) is 88.5. The van der Waals surface area contributed by atoms with Gasteiger partial charge in [-0.15, -0.1) is 0 Å². The number of hydrogen-bond acceptors (Lipinski definition) is 15. The van der Waals surface area contributed by atoms with Crippen LogP contribution in [0.5, 0.6) is 0 Å². The Balaban J connectivity index is 5.29. The number of phosphoric ester groups is 2. The van der Waals surface area contributed by atoms with Gasteiger partial charge in [-0.2, -0.15) is 0 Å². The van der Waals surface area contributed by atoms with Crippen LogP contribution in [0.25, 0.3) is 0 Å². The number of aliphatic hydroxyl groups is 1. The number of carbonyl (C=O) groups is 4. The van der Waals surface area contributed by atoms with E-state index in [1.54, 1.807) is 0 Å². The van der Waals surface area contributed by atoms with E-state index in [9.17, 15) is 43.2 Å². The van der Waals surface area contributed by atoms with Gasteiger partial charge in [0.2, 0.25) is 0 Å². The van der Waals surface area contributed by atoms with E-state index in [1.807, 2.05) is 0 Å². The maximum Gasteiger partial charge on any atom is 0.472 e. The molecule has 17 nitrogen and oxygen atoms in total. The van der Waals surface area contributed by atoms with Crippen molar-refractivity contribution in [1.82, 2.24) is 0 Å². The molecule has 0 rings (SSSR count). The zero-order valence-electron chi connectivity index (χ0n) is 58.8. The third kappa shape index (κ3) is 64.6. The average Bonchev–Trinajstić information content (AvgIpc) is 3.21. The second-order valence-corrected chi connectivity index (χ2v) is 29.4. The molecule has 3 unspecified atom stereocenters. The van der Waals surface area contributed by atoms with Crippen molar-refractivity contribution in [2.75, 3.05) is 39.6 Å². The van der Waals surface area contributed by atoms with Crippen LogP contribution in [0.3, 0.4) is 0 Å². The second-order valence-electron chi connectivity index (χ2n) is 26.5. The Hall–Kier alpha value is -2.46. The summed E-state index contributed by atoms with van der Waals surface area (Å²) in [5.41, 5.74) is 0. The molecule has 0 radical (unpaired) electrons. The van der Waals surface area contributed by atoms with Crippen molar-refractivity contribution in [2.24, 2.45) is 17.8 Å². The van der Waals surface area contributed by atoms with Gasteiger partial charge in [0.25, 0.3) is 0 Å². The molecular formula is C72H136O17P2. The number of unbranched alkanes of at least 4 members (excludes halogenated alkanes) is 32. The normalized spacial score (nSPS) is 14.6. The quantitative estimate of drug-likeness (QED) is 0.0169. The highest BCUT2D eigenvalue weighted by molar-refractivity contribution is 7.47. The Morgan fingerprint density at radius 1 is 0.363 bits per heavy atom. The number of aliphatic hydroxyl groups excluding tert-OH is 1. The minimum atomic E-state index is -4.96. The van der Waals surface area contributed by atoms with Crippen molar-refractivity contribution >= 4 is 39.5 Å². The summed E-state index contributed by atoms with van der Waals surface area (Å²) in [4.78, 5) is 72.6. The molecule has 0 aromatic rings. The Morgan fingerprint density at radius 2 is 0.648 bits per heavy atom. The van der Waals surface area contributed by atoms with E-state index in [-0.39, 0.29) is 25.7 Å². The molecule has 6 atom stereocenters. The predicted molar refractivity (Wildman–Crippen MR) is 367 cm³/mol. The van der Waals surface area contributed by atoms with Crippen molar-refractivity contribution < 1.29 is 80.2 Å². The first-order valence-corrected chi connectivity index (χ1v) is 39.7. The minimum absolute atomic E-state index is 0.0845. The topological polar surface area (TPSA) is 237 Å². The van der Waals surface area contributed by atoms with Crippen LogP contribution in [0.2, 0.25) is 0 Å². The van der Waals surface area contributed by atoms with E-state index < -0.39 is 97.5 Å². The highest BCUT2D eigenvalue weighted by Gasteiger charge is 2.30. The summed E-state index contributed by atoms with van der Waals surface area (Å²) in [6.45, 7) is 11.7. The molecule has 91 heavy (non-hydrogen) atoms. The lowest BCUT2D eigenvalue weighted by Crippen LogP contribution is -2.30. The first-order chi connectivity index (χ1) is 43.8. The Bertz CT molecular complexity index is 1880. The van der Waals surface area contributed by atoms with Gasteiger partial charge in [-0.3, -0.25) is 37.3 Å². The van der Waals surface area contributed by atoms with Gasteiger partial charge in [-0.25, -0.2) is 9.13 Å². The lowest BCUT2D eigenvalue weighted by molar-refractivity contribution is -0.161. The number of rotatable bonds is 68. The number of phosphoric acid groups is 2. The number of allylic oxidation sites excluding steroid dienone is 4. The standard InChI is InChI=1S/C72H136O17P2/c1-8-10-11-12-13-14-15-16-17-18-23-26-32-41-48-55-71(76)88-67(59-82-69(74)53-46-39-31-25-22-20-19-21-24-29-36-43-50-63(3)4)61-86-90(78,79)84-57-66(73)58-85-91(80,81)87-62-68(60-83-70(75)54-47-40-35-34-38-45-52-65(7)9-2)89-72(77)56-49-42-33-28-27-30-37-44-51-64(5)6/h14-17,63-68,73H,8-13,18-62H2,1-7H3,(H,78,79)(H,80,81)/b15-14-,17-16-/t65?,66-,67-,68-/m1/s1. The van der Waals surface area contributed by atoms with Crippen molar-refractivity contribution in [3.05, 3.63) is 24.3 Å². The summed E-state index contributed by atoms with van der Waals surface area (Å²) in [5, 5.41) is 10.6. The first-order valence-electron chi connectivity index (χ1n) is 36.7. The van der Waals surface area contributed by atoms with E-state index in [0.29, 0.717) is 31.6 Å². The van der Waals surface area contributed by atoms with Crippen molar-refractivity contribution in [2.45, 2.75) is 356 Å². The molecule has 0 aromatic heterocycles. The Kier molecular flexibility index (Phi) is 60.7. The third-order valence-corrected chi connectivity index (χ3v) is 18.3. The highest BCUT2D eigenvalue weighted by atomic mass is 31.2. The summed E-state index contributed by atoms with van der Waals surface area (Å²) >= 11 is 0. The largest absolute Gasteiger partial charge is 0.472 e. The Morgan fingerprint density at radius 3 is 0.978 bits per heavy atom. The lowest BCUT2D eigenvalue weighted by Gasteiger charge is -2.21. The number of ether oxygens (including phenoxy) is 4. The molecule has 19 heteroatoms. The molecule has 0 saturated carbocycles. The van der Waals surface area contributed by atoms with Crippen molar-refractivity contribution in [3.8, 4) is 0 Å². The van der Waals surface area contributed by atoms with Gasteiger partial charge in [-0.05, 0) is 69.1 Å². The SMILES string of the molecule is CCCCCC/C=C\C=C/CCCCCCCC(=O)O[C@H](COC(=O)CCCCCCCCCCCCCCC(C)C)COP(=O)(O)OC[C@@H](O)COP(=O)(O)OC[C@@H](COC(=O)CCCCCCCCC(C)CC)OC(=O)CCCCCCCCCCC(C)C. The number of esters is 4. The van der Waals surface area contributed by atoms with E-state index in [0.717, 1.165) is 121 Å². The molecule has 0 saturated heterocycles. The summed E-state index contributed by atoms with van der Waals surface area (Å²) < 4.78 is 68.3. The van der Waals surface area contributed by atoms with Crippen LogP contribution in [0, 0.1) is 17.8 Å². The lowest BCUT2D eigenvalue weighted by atomic mass is 10.00. The van der Waals surface area contributed by atoms with Gasteiger partial charge in [0, 0.05) is 25.7 Å². The van der Waals surface area contributed by atoms with Gasteiger partial charge in [0.05, 0.1) is 26.4 Å². The van der Waals surface area contributed by atoms with Crippen LogP contribution in [0.4, 0.5) is 0 Å². The third-order valence-electron chi connectivity index (χ3n) is 16.4. The molecule has 3 N–H and O–H groups in total. The van der Waals surface area contributed by atoms with E-state index in [4.69, 9.17) is 37.0 Å². The van der Waals surface area contributed by atoms with Gasteiger partial charge in [0.15, 0.2) is 12.2 Å². The molecule has 0 spiro atoms. The molecule has 0 aliphatic rings. The van der Waals surface area contributed by atoms with Crippen LogP contribution in [-0.4, -0.2) is 96.7 Å². The van der Waals surface area contributed by atoms with Gasteiger partial charge in [-0.1, -0.05) is 285 Å². The summed E-state index contributed by atoms with van der Waals surface area (Å²) in [5.74, 6) is 0.0684. The zero-order chi connectivity index (χ0) is 67.3. The zero-order valence-corrected chi connectivity index (χ0v) is 60.6. The van der Waals surface area contributed by atoms with Crippen LogP contribution in [-0.2, 0) is 65.4 Å². The van der Waals surface area contributed by atoms with Crippen molar-refractivity contribution in [1.29, 1.82) is 0 Å². The fraction of sp³-hybridized carbons (Fsp3) is 0.889. The number of carbonyl (C=O) groups excluding carboxylic acids is 4. The van der Waals surface area contributed by atoms with Crippen LogP contribution in [0.15, 0.2) is 24.3 Å². The molecule has 0 aliphatic carbocycles. The van der Waals surface area contributed by atoms with Gasteiger partial charge < -0.3 is 33.8 Å². The maximum absolute atomic E-state index is 13.0. The summed E-state index contributed by atoms with van der Waals surface area (Å²) in [6.07, 6.45) is 49.5.